The molecule has 5 nitrogen and oxygen atoms in total. The van der Waals surface area contributed by atoms with E-state index in [1.807, 2.05) is 24.3 Å². The van der Waals surface area contributed by atoms with Crippen molar-refractivity contribution in [1.82, 2.24) is 9.97 Å². The Bertz CT molecular complexity index is 814. The monoisotopic (exact) mass is 299 g/mol. The molecule has 0 radical (unpaired) electrons. The zero-order valence-electron chi connectivity index (χ0n) is 11.6. The van der Waals surface area contributed by atoms with Crippen LogP contribution in [-0.4, -0.2) is 23.0 Å². The van der Waals surface area contributed by atoms with E-state index in [0.29, 0.717) is 5.69 Å². The van der Waals surface area contributed by atoms with Crippen LogP contribution in [0.3, 0.4) is 0 Å². The van der Waals surface area contributed by atoms with Crippen molar-refractivity contribution in [3.63, 3.8) is 0 Å². The third kappa shape index (κ3) is 2.71. The van der Waals surface area contributed by atoms with Crippen molar-refractivity contribution in [3.8, 4) is 16.3 Å². The lowest BCUT2D eigenvalue weighted by molar-refractivity contribution is -0.114. The molecule has 0 saturated carbocycles. The molecule has 2 heterocycles. The summed E-state index contributed by atoms with van der Waals surface area (Å²) in [7, 11) is 1.64. The molecule has 0 aliphatic heterocycles. The lowest BCUT2D eigenvalue weighted by atomic mass is 10.2. The molecule has 3 aromatic rings. The van der Waals surface area contributed by atoms with Gasteiger partial charge in [0, 0.05) is 18.7 Å². The SMILES string of the molecule is COc1ccc2nc(-c3ccncc3NC(C)=O)sc2c1. The first-order chi connectivity index (χ1) is 10.2. The fourth-order valence-corrected chi connectivity index (χ4v) is 3.05. The van der Waals surface area contributed by atoms with Crippen molar-refractivity contribution in [3.05, 3.63) is 36.7 Å². The molecule has 1 amide bonds. The molecule has 0 aliphatic carbocycles. The maximum atomic E-state index is 11.3. The van der Waals surface area contributed by atoms with Gasteiger partial charge in [0.15, 0.2) is 0 Å². The number of amides is 1. The van der Waals surface area contributed by atoms with Crippen molar-refractivity contribution in [1.29, 1.82) is 0 Å². The lowest BCUT2D eigenvalue weighted by Gasteiger charge is -2.05. The molecule has 0 fully saturated rings. The predicted molar refractivity (Wildman–Crippen MR) is 83.7 cm³/mol. The van der Waals surface area contributed by atoms with Crippen LogP contribution in [0, 0.1) is 0 Å². The van der Waals surface area contributed by atoms with E-state index in [0.717, 1.165) is 26.5 Å². The second-order valence-electron chi connectivity index (χ2n) is 4.46. The molecule has 1 N–H and O–H groups in total. The molecule has 0 spiro atoms. The third-order valence-electron chi connectivity index (χ3n) is 2.96. The number of ether oxygens (including phenoxy) is 1. The summed E-state index contributed by atoms with van der Waals surface area (Å²) in [6, 6.07) is 7.61. The number of nitrogens with one attached hydrogen (secondary N) is 1. The molecule has 0 aliphatic rings. The summed E-state index contributed by atoms with van der Waals surface area (Å²) >= 11 is 1.55. The number of carbonyl (C=O) groups excluding carboxylic acids is 1. The molecule has 1 aromatic carbocycles. The van der Waals surface area contributed by atoms with Gasteiger partial charge >= 0.3 is 0 Å². The molecular weight excluding hydrogens is 286 g/mol. The normalized spacial score (nSPS) is 10.6. The fourth-order valence-electron chi connectivity index (χ4n) is 2.02. The minimum absolute atomic E-state index is 0.132. The Morgan fingerprint density at radius 1 is 1.33 bits per heavy atom. The predicted octanol–water partition coefficient (Wildman–Crippen LogP) is 3.33. The smallest absolute Gasteiger partial charge is 0.221 e. The molecule has 0 unspecified atom stereocenters. The van der Waals surface area contributed by atoms with Crippen LogP contribution in [0.15, 0.2) is 36.7 Å². The van der Waals surface area contributed by atoms with E-state index in [4.69, 9.17) is 4.74 Å². The first kappa shape index (κ1) is 13.5. The summed E-state index contributed by atoms with van der Waals surface area (Å²) in [5.41, 5.74) is 2.43. The lowest BCUT2D eigenvalue weighted by Crippen LogP contribution is -2.07. The van der Waals surface area contributed by atoms with Gasteiger partial charge in [0.2, 0.25) is 5.91 Å². The number of anilines is 1. The molecule has 21 heavy (non-hydrogen) atoms. The van der Waals surface area contributed by atoms with Crippen molar-refractivity contribution < 1.29 is 9.53 Å². The molecule has 0 saturated heterocycles. The van der Waals surface area contributed by atoms with Gasteiger partial charge in [0.1, 0.15) is 10.8 Å². The van der Waals surface area contributed by atoms with E-state index >= 15 is 0 Å². The maximum absolute atomic E-state index is 11.3. The van der Waals surface area contributed by atoms with Crippen molar-refractivity contribution >= 4 is 33.1 Å². The molecule has 0 atom stereocenters. The summed E-state index contributed by atoms with van der Waals surface area (Å²) in [6.07, 6.45) is 3.32. The topological polar surface area (TPSA) is 64.1 Å². The Morgan fingerprint density at radius 2 is 2.19 bits per heavy atom. The number of nitrogens with zero attached hydrogens (tertiary/aromatic N) is 2. The second kappa shape index (κ2) is 5.49. The van der Waals surface area contributed by atoms with Gasteiger partial charge < -0.3 is 10.1 Å². The van der Waals surface area contributed by atoms with Crippen LogP contribution < -0.4 is 10.1 Å². The van der Waals surface area contributed by atoms with Gasteiger partial charge in [0.05, 0.1) is 29.2 Å². The highest BCUT2D eigenvalue weighted by Crippen LogP contribution is 2.35. The first-order valence-electron chi connectivity index (χ1n) is 6.34. The van der Waals surface area contributed by atoms with E-state index in [9.17, 15) is 4.79 Å². The number of aromatic nitrogens is 2. The minimum atomic E-state index is -0.132. The number of carbonyl (C=O) groups is 1. The van der Waals surface area contributed by atoms with Gasteiger partial charge in [-0.15, -0.1) is 11.3 Å². The van der Waals surface area contributed by atoms with Gasteiger partial charge in [0.25, 0.3) is 0 Å². The van der Waals surface area contributed by atoms with Crippen LogP contribution in [0.4, 0.5) is 5.69 Å². The summed E-state index contributed by atoms with van der Waals surface area (Å²) in [6.45, 7) is 1.47. The van der Waals surface area contributed by atoms with Crippen LogP contribution in [0.1, 0.15) is 6.92 Å². The van der Waals surface area contributed by atoms with Gasteiger partial charge in [-0.25, -0.2) is 4.98 Å². The van der Waals surface area contributed by atoms with Gasteiger partial charge in [-0.1, -0.05) is 0 Å². The largest absolute Gasteiger partial charge is 0.497 e. The average molecular weight is 299 g/mol. The molecular formula is C15H13N3O2S. The molecule has 0 bridgehead atoms. The van der Waals surface area contributed by atoms with Crippen LogP contribution in [0.2, 0.25) is 0 Å². The number of pyridine rings is 1. The summed E-state index contributed by atoms with van der Waals surface area (Å²) in [5, 5.41) is 3.62. The van der Waals surface area contributed by atoms with E-state index in [1.54, 1.807) is 30.8 Å². The highest BCUT2D eigenvalue weighted by atomic mass is 32.1. The number of fused-ring (bicyclic) bond motifs is 1. The van der Waals surface area contributed by atoms with Crippen LogP contribution in [-0.2, 0) is 4.79 Å². The number of rotatable bonds is 3. The highest BCUT2D eigenvalue weighted by Gasteiger charge is 2.12. The summed E-state index contributed by atoms with van der Waals surface area (Å²) in [5.74, 6) is 0.668. The molecule has 106 valence electrons. The number of thiazole rings is 1. The zero-order chi connectivity index (χ0) is 14.8. The quantitative estimate of drug-likeness (QED) is 0.805. The minimum Gasteiger partial charge on any atom is -0.497 e. The first-order valence-corrected chi connectivity index (χ1v) is 7.15. The van der Waals surface area contributed by atoms with Crippen molar-refractivity contribution in [2.75, 3.05) is 12.4 Å². The van der Waals surface area contributed by atoms with Crippen LogP contribution in [0.5, 0.6) is 5.75 Å². The molecule has 2 aromatic heterocycles. The fraction of sp³-hybridized carbons (Fsp3) is 0.133. The van der Waals surface area contributed by atoms with E-state index in [2.05, 4.69) is 15.3 Å². The maximum Gasteiger partial charge on any atom is 0.221 e. The summed E-state index contributed by atoms with van der Waals surface area (Å²) < 4.78 is 6.26. The Balaban J connectivity index is 2.10. The van der Waals surface area contributed by atoms with E-state index < -0.39 is 0 Å². The van der Waals surface area contributed by atoms with Crippen molar-refractivity contribution in [2.24, 2.45) is 0 Å². The van der Waals surface area contributed by atoms with Gasteiger partial charge in [-0.2, -0.15) is 0 Å². The second-order valence-corrected chi connectivity index (χ2v) is 5.49. The molecule has 6 heteroatoms. The molecule has 3 rings (SSSR count). The Kier molecular flexibility index (Phi) is 3.53. The third-order valence-corrected chi connectivity index (χ3v) is 4.01. The Morgan fingerprint density at radius 3 is 2.95 bits per heavy atom. The highest BCUT2D eigenvalue weighted by molar-refractivity contribution is 7.21. The van der Waals surface area contributed by atoms with Gasteiger partial charge in [-0.3, -0.25) is 9.78 Å². The number of hydrogen-bond acceptors (Lipinski definition) is 5. The Hall–Kier alpha value is -2.47. The number of hydrogen-bond donors (Lipinski definition) is 1. The average Bonchev–Trinajstić information content (AvgIpc) is 2.89. The van der Waals surface area contributed by atoms with Crippen LogP contribution >= 0.6 is 11.3 Å². The van der Waals surface area contributed by atoms with E-state index in [-0.39, 0.29) is 5.91 Å². The van der Waals surface area contributed by atoms with Crippen molar-refractivity contribution in [2.45, 2.75) is 6.92 Å². The zero-order valence-corrected chi connectivity index (χ0v) is 12.4. The van der Waals surface area contributed by atoms with E-state index in [1.165, 1.54) is 6.92 Å². The van der Waals surface area contributed by atoms with Crippen LogP contribution in [0.25, 0.3) is 20.8 Å². The Labute approximate surface area is 125 Å². The number of benzene rings is 1. The van der Waals surface area contributed by atoms with Gasteiger partial charge in [-0.05, 0) is 24.3 Å². The standard InChI is InChI=1S/C15H13N3O2S/c1-9(19)17-13-8-16-6-5-11(13)15-18-12-4-3-10(20-2)7-14(12)21-15/h3-8H,1-2H3,(H,17,19). The number of methoxy groups -OCH3 is 1. The summed E-state index contributed by atoms with van der Waals surface area (Å²) in [4.78, 5) is 19.9.